The van der Waals surface area contributed by atoms with E-state index in [2.05, 4.69) is 56.3 Å². The van der Waals surface area contributed by atoms with Gasteiger partial charge in [0.2, 0.25) is 5.91 Å². The van der Waals surface area contributed by atoms with Crippen LogP contribution in [0.1, 0.15) is 65.4 Å². The van der Waals surface area contributed by atoms with Gasteiger partial charge in [-0.15, -0.1) is 0 Å². The summed E-state index contributed by atoms with van der Waals surface area (Å²) in [6, 6.07) is 31.5. The van der Waals surface area contributed by atoms with Gasteiger partial charge in [-0.2, -0.15) is 0 Å². The number of rotatable bonds is 14. The molecule has 0 fully saturated rings. The predicted molar refractivity (Wildman–Crippen MR) is 193 cm³/mol. The minimum atomic E-state index is -1.01. The lowest BCUT2D eigenvalue weighted by atomic mass is 9.92. The van der Waals surface area contributed by atoms with Crippen molar-refractivity contribution >= 4 is 22.6 Å². The quantitative estimate of drug-likeness (QED) is 0.0968. The number of carbonyl (C=O) groups is 2. The number of carboxylic acid groups (broad SMARTS) is 1. The van der Waals surface area contributed by atoms with E-state index in [9.17, 15) is 14.7 Å². The zero-order valence-electron chi connectivity index (χ0n) is 27.9. The molecule has 0 bridgehead atoms. The Morgan fingerprint density at radius 3 is 2.43 bits per heavy atom. The molecule has 1 amide bonds. The van der Waals surface area contributed by atoms with Gasteiger partial charge in [-0.25, -0.2) is 4.79 Å². The number of nitrogens with two attached hydrogens (primary N) is 1. The molecule has 2 heterocycles. The molecule has 5 aromatic rings. The zero-order valence-corrected chi connectivity index (χ0v) is 27.9. The van der Waals surface area contributed by atoms with Crippen molar-refractivity contribution in [1.82, 2.24) is 25.9 Å². The summed E-state index contributed by atoms with van der Waals surface area (Å²) in [5, 5.41) is 21.7. The van der Waals surface area contributed by atoms with Crippen molar-refractivity contribution in [2.45, 2.75) is 70.2 Å². The highest BCUT2D eigenvalue weighted by Crippen LogP contribution is 2.27. The molecule has 6 N–H and O–H groups in total. The van der Waals surface area contributed by atoms with Crippen LogP contribution < -0.4 is 21.7 Å². The van der Waals surface area contributed by atoms with Gasteiger partial charge in [-0.1, -0.05) is 78.9 Å². The lowest BCUT2D eigenvalue weighted by Crippen LogP contribution is -2.42. The van der Waals surface area contributed by atoms with E-state index < -0.39 is 12.0 Å². The minimum Gasteiger partial charge on any atom is -0.480 e. The van der Waals surface area contributed by atoms with Crippen LogP contribution in [0.2, 0.25) is 0 Å². The van der Waals surface area contributed by atoms with Gasteiger partial charge in [0.25, 0.3) is 0 Å². The number of hydrogen-bond acceptors (Lipinski definition) is 7. The molecule has 0 radical (unpaired) electrons. The molecule has 1 aliphatic carbocycles. The molecule has 0 saturated carbocycles. The maximum absolute atomic E-state index is 12.5. The van der Waals surface area contributed by atoms with E-state index in [1.54, 1.807) is 6.20 Å². The average molecular weight is 659 g/mol. The van der Waals surface area contributed by atoms with Crippen LogP contribution in [0.25, 0.3) is 10.8 Å². The molecular weight excluding hydrogens is 612 g/mol. The van der Waals surface area contributed by atoms with Crippen molar-refractivity contribution in [3.05, 3.63) is 143 Å². The lowest BCUT2D eigenvalue weighted by Gasteiger charge is -2.25. The maximum Gasteiger partial charge on any atom is 0.326 e. The first kappa shape index (κ1) is 35.3. The first-order valence-corrected chi connectivity index (χ1v) is 17.0. The highest BCUT2D eigenvalue weighted by atomic mass is 16.4. The molecule has 1 aliphatic rings. The minimum absolute atomic E-state index is 0.147. The molecule has 254 valence electrons. The van der Waals surface area contributed by atoms with Crippen molar-refractivity contribution < 1.29 is 14.7 Å². The van der Waals surface area contributed by atoms with Crippen LogP contribution in [0.4, 0.5) is 0 Å². The molecule has 49 heavy (non-hydrogen) atoms. The van der Waals surface area contributed by atoms with Crippen LogP contribution in [0.15, 0.2) is 109 Å². The van der Waals surface area contributed by atoms with Crippen LogP contribution in [0, 0.1) is 0 Å². The van der Waals surface area contributed by atoms with Crippen LogP contribution >= 0.6 is 0 Å². The Bertz CT molecular complexity index is 1780. The predicted octanol–water partition coefficient (Wildman–Crippen LogP) is 5.62. The van der Waals surface area contributed by atoms with Crippen LogP contribution in [-0.4, -0.2) is 39.5 Å². The maximum atomic E-state index is 12.5. The monoisotopic (exact) mass is 658 g/mol. The molecule has 3 aromatic carbocycles. The molecule has 2 aromatic heterocycles. The summed E-state index contributed by atoms with van der Waals surface area (Å²) < 4.78 is 0. The van der Waals surface area contributed by atoms with Crippen molar-refractivity contribution in [2.24, 2.45) is 5.73 Å². The zero-order chi connectivity index (χ0) is 34.3. The number of amides is 1. The molecule has 2 atom stereocenters. The second-order valence-corrected chi connectivity index (χ2v) is 12.3. The number of benzene rings is 3. The summed E-state index contributed by atoms with van der Waals surface area (Å²) in [6.45, 7) is 2.67. The van der Waals surface area contributed by atoms with Crippen molar-refractivity contribution in [2.75, 3.05) is 6.54 Å². The molecule has 1 unspecified atom stereocenters. The number of aryl methyl sites for hydroxylation is 1. The summed E-state index contributed by atoms with van der Waals surface area (Å²) in [7, 11) is 0. The molecule has 9 heteroatoms. The molecular formula is C40H46N6O3. The smallest absolute Gasteiger partial charge is 0.326 e. The van der Waals surface area contributed by atoms with Gasteiger partial charge in [0, 0.05) is 38.1 Å². The fourth-order valence-corrected chi connectivity index (χ4v) is 6.16. The number of fused-ring (bicyclic) bond motifs is 2. The third-order valence-electron chi connectivity index (χ3n) is 8.74. The van der Waals surface area contributed by atoms with Crippen LogP contribution in [0.3, 0.4) is 0 Å². The molecule has 0 spiro atoms. The molecule has 6 rings (SSSR count). The number of aromatic nitrogens is 2. The van der Waals surface area contributed by atoms with E-state index in [0.29, 0.717) is 39.0 Å². The number of hydrogen-bond donors (Lipinski definition) is 5. The Morgan fingerprint density at radius 1 is 0.857 bits per heavy atom. The molecule has 0 saturated heterocycles. The van der Waals surface area contributed by atoms with Gasteiger partial charge in [0.05, 0.1) is 17.8 Å². The molecule has 0 aliphatic heterocycles. The topological polar surface area (TPSA) is 142 Å². The second kappa shape index (κ2) is 18.5. The summed E-state index contributed by atoms with van der Waals surface area (Å²) in [5.74, 6) is -1.29. The SMILES string of the molecule is NCc1cccc2ccccc12.O=C(Cc1ccc(CNCc2ccccn2)cc1)N[C@@H](CCCNC1CCCc2cccnc21)C(=O)O. The largest absolute Gasteiger partial charge is 0.480 e. The van der Waals surface area contributed by atoms with E-state index in [-0.39, 0.29) is 18.4 Å². The fourth-order valence-electron chi connectivity index (χ4n) is 6.16. The van der Waals surface area contributed by atoms with E-state index in [0.717, 1.165) is 41.8 Å². The normalized spacial score (nSPS) is 14.3. The number of aliphatic carboxylic acids is 1. The number of pyridine rings is 2. The Labute approximate surface area is 288 Å². The van der Waals surface area contributed by atoms with Gasteiger partial charge < -0.3 is 26.8 Å². The number of carbonyl (C=O) groups excluding carboxylic acids is 1. The van der Waals surface area contributed by atoms with Gasteiger partial charge >= 0.3 is 5.97 Å². The van der Waals surface area contributed by atoms with Crippen molar-refractivity contribution in [1.29, 1.82) is 0 Å². The number of carboxylic acids is 1. The highest BCUT2D eigenvalue weighted by Gasteiger charge is 2.22. The summed E-state index contributed by atoms with van der Waals surface area (Å²) in [5.41, 5.74) is 12.2. The standard InChI is InChI=1S/C29H35N5O3.C11H11N/c35-27(18-21-11-13-22(14-12-21)19-30-20-24-8-1-2-15-31-24)34-26(29(36)37)10-5-16-32-25-9-3-6-23-7-4-17-33-28(23)25;12-8-10-6-3-5-9-4-1-2-7-11(9)10/h1-2,4,7-8,11-15,17,25-26,30,32H,3,5-6,9-10,16,18-20H2,(H,34,35)(H,36,37);1-7H,8,12H2/t25?,26-;/m0./s1. The Morgan fingerprint density at radius 2 is 1.63 bits per heavy atom. The van der Waals surface area contributed by atoms with E-state index in [1.165, 1.54) is 21.9 Å². The number of nitrogens with zero attached hydrogens (tertiary/aromatic N) is 2. The van der Waals surface area contributed by atoms with E-state index >= 15 is 0 Å². The van der Waals surface area contributed by atoms with Gasteiger partial charge in [0.1, 0.15) is 6.04 Å². The third kappa shape index (κ3) is 10.8. The first-order chi connectivity index (χ1) is 24.0. The second-order valence-electron chi connectivity index (χ2n) is 12.3. The van der Waals surface area contributed by atoms with Gasteiger partial charge in [0.15, 0.2) is 0 Å². The van der Waals surface area contributed by atoms with Gasteiger partial charge in [-0.05, 0) is 89.9 Å². The highest BCUT2D eigenvalue weighted by molar-refractivity contribution is 5.86. The average Bonchev–Trinajstić information content (AvgIpc) is 3.14. The van der Waals surface area contributed by atoms with Crippen LogP contribution in [0.5, 0.6) is 0 Å². The fraction of sp³-hybridized carbons (Fsp3) is 0.300. The lowest BCUT2D eigenvalue weighted by molar-refractivity contribution is -0.141. The first-order valence-electron chi connectivity index (χ1n) is 17.0. The van der Waals surface area contributed by atoms with Gasteiger partial charge in [-0.3, -0.25) is 14.8 Å². The van der Waals surface area contributed by atoms with Crippen LogP contribution in [-0.2, 0) is 42.1 Å². The van der Waals surface area contributed by atoms with E-state index in [4.69, 9.17) is 5.73 Å². The third-order valence-corrected chi connectivity index (χ3v) is 8.74. The Balaban J connectivity index is 0.000000325. The summed E-state index contributed by atoms with van der Waals surface area (Å²) in [6.07, 6.45) is 7.97. The van der Waals surface area contributed by atoms with Crippen molar-refractivity contribution in [3.8, 4) is 0 Å². The molecule has 9 nitrogen and oxygen atoms in total. The Hall–Kier alpha value is -4.96. The number of nitrogens with one attached hydrogen (secondary N) is 3. The van der Waals surface area contributed by atoms with Crippen molar-refractivity contribution in [3.63, 3.8) is 0 Å². The van der Waals surface area contributed by atoms with E-state index in [1.807, 2.05) is 72.9 Å². The Kier molecular flexibility index (Phi) is 13.4. The summed E-state index contributed by atoms with van der Waals surface area (Å²) in [4.78, 5) is 33.1. The summed E-state index contributed by atoms with van der Waals surface area (Å²) >= 11 is 0.